The minimum Gasteiger partial charge on any atom is -0.491 e. The van der Waals surface area contributed by atoms with Gasteiger partial charge < -0.3 is 13.9 Å². The van der Waals surface area contributed by atoms with Crippen molar-refractivity contribution < 1.29 is 18.7 Å². The second-order valence-electron chi connectivity index (χ2n) is 8.80. The van der Waals surface area contributed by atoms with E-state index in [0.29, 0.717) is 19.8 Å². The van der Waals surface area contributed by atoms with Gasteiger partial charge in [-0.3, -0.25) is 0 Å². The van der Waals surface area contributed by atoms with Gasteiger partial charge in [-0.15, -0.1) is 0 Å². The molecular formula is C27H38O4Si. The SMILES string of the molecule is CCCCCc1ccc(-c2ccc(/C=C/C(=O)OCC)cc2OCCO[Si](C)(C)C)cc1. The summed E-state index contributed by atoms with van der Waals surface area (Å²) < 4.78 is 17.0. The van der Waals surface area contributed by atoms with Crippen molar-refractivity contribution in [3.63, 3.8) is 0 Å². The molecule has 2 aromatic rings. The molecule has 2 aromatic carbocycles. The molecule has 0 aliphatic carbocycles. The summed E-state index contributed by atoms with van der Waals surface area (Å²) in [4.78, 5) is 11.7. The Labute approximate surface area is 194 Å². The van der Waals surface area contributed by atoms with Crippen LogP contribution in [0.1, 0.15) is 44.2 Å². The molecule has 2 rings (SSSR count). The average molecular weight is 455 g/mol. The molecule has 0 fully saturated rings. The Kier molecular flexibility index (Phi) is 10.7. The molecule has 5 heteroatoms. The van der Waals surface area contributed by atoms with Crippen LogP contribution in [0.2, 0.25) is 19.6 Å². The Balaban J connectivity index is 2.20. The standard InChI is InChI=1S/C27H38O4Si/c1-6-8-9-10-22-11-15-24(16-12-22)25-17-13-23(14-18-27(28)29-7-2)21-26(25)30-19-20-31-32(3,4)5/h11-18,21H,6-10,19-20H2,1-5H3/b18-14+. The third-order valence-corrected chi connectivity index (χ3v) is 5.98. The van der Waals surface area contributed by atoms with Gasteiger partial charge >= 0.3 is 5.97 Å². The van der Waals surface area contributed by atoms with Crippen LogP contribution >= 0.6 is 0 Å². The van der Waals surface area contributed by atoms with Gasteiger partial charge in [-0.2, -0.15) is 0 Å². The Morgan fingerprint density at radius 1 is 0.969 bits per heavy atom. The number of hydrogen-bond donors (Lipinski definition) is 0. The highest BCUT2D eigenvalue weighted by molar-refractivity contribution is 6.69. The van der Waals surface area contributed by atoms with Gasteiger partial charge in [-0.1, -0.05) is 56.2 Å². The molecule has 0 atom stereocenters. The fourth-order valence-electron chi connectivity index (χ4n) is 3.28. The second-order valence-corrected chi connectivity index (χ2v) is 13.3. The van der Waals surface area contributed by atoms with Gasteiger partial charge in [0.2, 0.25) is 0 Å². The van der Waals surface area contributed by atoms with Crippen LogP contribution < -0.4 is 4.74 Å². The summed E-state index contributed by atoms with van der Waals surface area (Å²) in [7, 11) is -1.58. The number of hydrogen-bond acceptors (Lipinski definition) is 4. The van der Waals surface area contributed by atoms with Crippen molar-refractivity contribution in [1.29, 1.82) is 0 Å². The summed E-state index contributed by atoms with van der Waals surface area (Å²) in [6, 6.07) is 14.7. The van der Waals surface area contributed by atoms with Gasteiger partial charge in [0.15, 0.2) is 8.32 Å². The lowest BCUT2D eigenvalue weighted by Gasteiger charge is -2.18. The maximum atomic E-state index is 11.7. The molecule has 0 saturated heterocycles. The first kappa shape index (κ1) is 25.9. The maximum absolute atomic E-state index is 11.7. The predicted octanol–water partition coefficient (Wildman–Crippen LogP) is 6.89. The van der Waals surface area contributed by atoms with Crippen molar-refractivity contribution in [1.82, 2.24) is 0 Å². The maximum Gasteiger partial charge on any atom is 0.330 e. The normalized spacial score (nSPS) is 11.7. The van der Waals surface area contributed by atoms with Gasteiger partial charge in [-0.25, -0.2) is 4.79 Å². The van der Waals surface area contributed by atoms with E-state index >= 15 is 0 Å². The first-order valence-corrected chi connectivity index (χ1v) is 15.1. The van der Waals surface area contributed by atoms with Crippen LogP contribution in [0.5, 0.6) is 5.75 Å². The molecule has 0 aromatic heterocycles. The van der Waals surface area contributed by atoms with Crippen molar-refractivity contribution in [3.05, 3.63) is 59.7 Å². The third-order valence-electron chi connectivity index (χ3n) is 4.91. The van der Waals surface area contributed by atoms with E-state index in [-0.39, 0.29) is 5.97 Å². The quantitative estimate of drug-likeness (QED) is 0.143. The van der Waals surface area contributed by atoms with Crippen molar-refractivity contribution in [2.24, 2.45) is 0 Å². The number of ether oxygens (including phenoxy) is 2. The summed E-state index contributed by atoms with van der Waals surface area (Å²) in [5.41, 5.74) is 4.40. The molecule has 0 amide bonds. The van der Waals surface area contributed by atoms with E-state index in [1.165, 1.54) is 30.9 Å². The lowest BCUT2D eigenvalue weighted by atomic mass is 9.99. The summed E-state index contributed by atoms with van der Waals surface area (Å²) in [5, 5.41) is 0. The van der Waals surface area contributed by atoms with Crippen LogP contribution in [0.4, 0.5) is 0 Å². The van der Waals surface area contributed by atoms with Crippen LogP contribution in [0, 0.1) is 0 Å². The summed E-state index contributed by atoms with van der Waals surface area (Å²) >= 11 is 0. The lowest BCUT2D eigenvalue weighted by Crippen LogP contribution is -2.27. The molecule has 0 aliphatic rings. The molecule has 0 N–H and O–H groups in total. The Hall–Kier alpha value is -2.37. The smallest absolute Gasteiger partial charge is 0.330 e. The van der Waals surface area contributed by atoms with Gasteiger partial charge in [0.25, 0.3) is 0 Å². The molecule has 0 unspecified atom stereocenters. The number of carbonyl (C=O) groups is 1. The van der Waals surface area contributed by atoms with E-state index in [1.807, 2.05) is 18.2 Å². The third kappa shape index (κ3) is 9.41. The van der Waals surface area contributed by atoms with E-state index in [4.69, 9.17) is 13.9 Å². The monoisotopic (exact) mass is 454 g/mol. The minimum atomic E-state index is -1.58. The highest BCUT2D eigenvalue weighted by atomic mass is 28.4. The van der Waals surface area contributed by atoms with Gasteiger partial charge in [0.05, 0.1) is 13.2 Å². The van der Waals surface area contributed by atoms with Crippen molar-refractivity contribution in [2.75, 3.05) is 19.8 Å². The zero-order valence-electron chi connectivity index (χ0n) is 20.3. The topological polar surface area (TPSA) is 44.8 Å². The summed E-state index contributed by atoms with van der Waals surface area (Å²) in [5.74, 6) is 0.440. The van der Waals surface area contributed by atoms with Crippen LogP contribution in [0.15, 0.2) is 48.5 Å². The predicted molar refractivity (Wildman–Crippen MR) is 136 cm³/mol. The van der Waals surface area contributed by atoms with E-state index in [2.05, 4.69) is 50.8 Å². The van der Waals surface area contributed by atoms with Crippen LogP contribution in [0.25, 0.3) is 17.2 Å². The van der Waals surface area contributed by atoms with Gasteiger partial charge in [0.1, 0.15) is 12.4 Å². The fraction of sp³-hybridized carbons (Fsp3) is 0.444. The number of benzene rings is 2. The molecule has 4 nitrogen and oxygen atoms in total. The number of esters is 1. The van der Waals surface area contributed by atoms with Crippen molar-refractivity contribution >= 4 is 20.4 Å². The molecule has 0 radical (unpaired) electrons. The average Bonchev–Trinajstić information content (AvgIpc) is 2.76. The fourth-order valence-corrected chi connectivity index (χ4v) is 3.98. The number of aryl methyl sites for hydroxylation is 1. The zero-order chi connectivity index (χ0) is 23.4. The molecule has 0 aliphatic heterocycles. The Bertz CT molecular complexity index is 866. The molecule has 0 saturated carbocycles. The highest BCUT2D eigenvalue weighted by Gasteiger charge is 2.14. The number of unbranched alkanes of at least 4 members (excludes halogenated alkanes) is 2. The van der Waals surface area contributed by atoms with Crippen molar-refractivity contribution in [3.8, 4) is 16.9 Å². The largest absolute Gasteiger partial charge is 0.491 e. The zero-order valence-corrected chi connectivity index (χ0v) is 21.3. The molecule has 0 bridgehead atoms. The van der Waals surface area contributed by atoms with E-state index in [9.17, 15) is 4.79 Å². The summed E-state index contributed by atoms with van der Waals surface area (Å²) in [6.07, 6.45) is 8.04. The molecule has 32 heavy (non-hydrogen) atoms. The molecule has 0 heterocycles. The second kappa shape index (κ2) is 13.2. The van der Waals surface area contributed by atoms with Crippen molar-refractivity contribution in [2.45, 2.75) is 59.2 Å². The lowest BCUT2D eigenvalue weighted by molar-refractivity contribution is -0.137. The van der Waals surface area contributed by atoms with Crippen LogP contribution in [0.3, 0.4) is 0 Å². The first-order valence-electron chi connectivity index (χ1n) is 11.7. The first-order chi connectivity index (χ1) is 15.3. The molecule has 0 spiro atoms. The van der Waals surface area contributed by atoms with E-state index < -0.39 is 8.32 Å². The minimum absolute atomic E-state index is 0.346. The number of carbonyl (C=O) groups excluding carboxylic acids is 1. The molecular weight excluding hydrogens is 416 g/mol. The van der Waals surface area contributed by atoms with Crippen LogP contribution in [-0.4, -0.2) is 34.1 Å². The summed E-state index contributed by atoms with van der Waals surface area (Å²) in [6.45, 7) is 11.9. The van der Waals surface area contributed by atoms with Gasteiger partial charge in [-0.05, 0) is 68.2 Å². The van der Waals surface area contributed by atoms with E-state index in [1.54, 1.807) is 13.0 Å². The van der Waals surface area contributed by atoms with E-state index in [0.717, 1.165) is 28.9 Å². The number of rotatable bonds is 13. The van der Waals surface area contributed by atoms with Crippen LogP contribution in [-0.2, 0) is 20.4 Å². The highest BCUT2D eigenvalue weighted by Crippen LogP contribution is 2.32. The molecule has 174 valence electrons. The Morgan fingerprint density at radius 2 is 1.72 bits per heavy atom. The van der Waals surface area contributed by atoms with Gasteiger partial charge in [0, 0.05) is 11.6 Å². The Morgan fingerprint density at radius 3 is 2.38 bits per heavy atom.